The van der Waals surface area contributed by atoms with Gasteiger partial charge in [-0.15, -0.1) is 0 Å². The highest BCUT2D eigenvalue weighted by Crippen LogP contribution is 2.29. The number of nitrogens with zero attached hydrogens (tertiary/aromatic N) is 3. The maximum atomic E-state index is 12.3. The van der Waals surface area contributed by atoms with Crippen LogP contribution < -0.4 is 5.32 Å². The molecule has 1 aromatic carbocycles. The van der Waals surface area contributed by atoms with Crippen LogP contribution in [0.2, 0.25) is 0 Å². The van der Waals surface area contributed by atoms with Crippen LogP contribution in [0.5, 0.6) is 0 Å². The number of carbonyl (C=O) groups excluding carboxylic acids is 3. The van der Waals surface area contributed by atoms with E-state index in [-0.39, 0.29) is 24.4 Å². The number of nitrogens with one attached hydrogen (secondary N) is 1. The standard InChI is InChI=1S/C18H22N4O3/c1-20-7-6-12-2-3-13(10-15(12)17(20)24)19-16(23)11-21-8-9-22(18(21)25)14-4-5-14/h2-3,10,14H,4-9,11H2,1H3,(H,19,23). The molecule has 132 valence electrons. The molecule has 4 rings (SSSR count). The van der Waals surface area contributed by atoms with Gasteiger partial charge in [-0.1, -0.05) is 6.07 Å². The van der Waals surface area contributed by atoms with Gasteiger partial charge in [-0.05, 0) is 37.0 Å². The van der Waals surface area contributed by atoms with Gasteiger partial charge in [-0.2, -0.15) is 0 Å². The molecule has 1 aromatic rings. The first-order valence-electron chi connectivity index (χ1n) is 8.77. The summed E-state index contributed by atoms with van der Waals surface area (Å²) in [5.74, 6) is -0.255. The maximum Gasteiger partial charge on any atom is 0.320 e. The molecule has 0 unspecified atom stereocenters. The molecule has 0 aromatic heterocycles. The van der Waals surface area contributed by atoms with E-state index in [4.69, 9.17) is 0 Å². The summed E-state index contributed by atoms with van der Waals surface area (Å²) in [6.07, 6.45) is 2.97. The van der Waals surface area contributed by atoms with Crippen LogP contribution in [-0.4, -0.2) is 71.8 Å². The molecule has 0 radical (unpaired) electrons. The number of amides is 4. The van der Waals surface area contributed by atoms with E-state index in [0.717, 1.165) is 24.8 Å². The predicted molar refractivity (Wildman–Crippen MR) is 92.4 cm³/mol. The van der Waals surface area contributed by atoms with Gasteiger partial charge in [-0.3, -0.25) is 9.59 Å². The van der Waals surface area contributed by atoms with Crippen molar-refractivity contribution in [3.63, 3.8) is 0 Å². The van der Waals surface area contributed by atoms with Crippen molar-refractivity contribution in [2.75, 3.05) is 38.5 Å². The number of urea groups is 1. The van der Waals surface area contributed by atoms with E-state index in [9.17, 15) is 14.4 Å². The minimum Gasteiger partial charge on any atom is -0.341 e. The third-order valence-electron chi connectivity index (χ3n) is 5.14. The molecule has 25 heavy (non-hydrogen) atoms. The number of hydrogen-bond donors (Lipinski definition) is 1. The van der Waals surface area contributed by atoms with Gasteiger partial charge < -0.3 is 20.0 Å². The van der Waals surface area contributed by atoms with E-state index in [1.807, 2.05) is 17.0 Å². The van der Waals surface area contributed by atoms with E-state index < -0.39 is 0 Å². The Bertz CT molecular complexity index is 744. The van der Waals surface area contributed by atoms with E-state index in [0.29, 0.717) is 36.9 Å². The minimum absolute atomic E-state index is 0.0212. The zero-order chi connectivity index (χ0) is 17.6. The highest BCUT2D eigenvalue weighted by atomic mass is 16.2. The normalized spacial score (nSPS) is 20.1. The lowest BCUT2D eigenvalue weighted by Gasteiger charge is -2.25. The summed E-state index contributed by atoms with van der Waals surface area (Å²) in [7, 11) is 1.78. The van der Waals surface area contributed by atoms with E-state index >= 15 is 0 Å². The Morgan fingerprint density at radius 3 is 2.76 bits per heavy atom. The van der Waals surface area contributed by atoms with Crippen molar-refractivity contribution in [1.82, 2.24) is 14.7 Å². The summed E-state index contributed by atoms with van der Waals surface area (Å²) < 4.78 is 0. The largest absolute Gasteiger partial charge is 0.341 e. The summed E-state index contributed by atoms with van der Waals surface area (Å²) in [6, 6.07) is 5.78. The topological polar surface area (TPSA) is 73.0 Å². The fraction of sp³-hybridized carbons (Fsp3) is 0.500. The first-order chi connectivity index (χ1) is 12.0. The van der Waals surface area contributed by atoms with E-state index in [1.54, 1.807) is 22.9 Å². The Kier molecular flexibility index (Phi) is 3.86. The Balaban J connectivity index is 1.40. The highest BCUT2D eigenvalue weighted by Gasteiger charge is 2.39. The Morgan fingerprint density at radius 1 is 1.20 bits per heavy atom. The molecule has 0 spiro atoms. The van der Waals surface area contributed by atoms with E-state index in [2.05, 4.69) is 5.32 Å². The third kappa shape index (κ3) is 3.06. The van der Waals surface area contributed by atoms with Gasteiger partial charge in [0.1, 0.15) is 6.54 Å². The summed E-state index contributed by atoms with van der Waals surface area (Å²) >= 11 is 0. The molecule has 7 nitrogen and oxygen atoms in total. The lowest BCUT2D eigenvalue weighted by Crippen LogP contribution is -2.38. The van der Waals surface area contributed by atoms with Gasteiger partial charge in [0, 0.05) is 44.0 Å². The second-order valence-electron chi connectivity index (χ2n) is 7.03. The fourth-order valence-corrected chi connectivity index (χ4v) is 3.51. The van der Waals surface area contributed by atoms with Crippen LogP contribution >= 0.6 is 0 Å². The Hall–Kier alpha value is -2.57. The summed E-state index contributed by atoms with van der Waals surface area (Å²) in [6.45, 7) is 2.06. The first-order valence-corrected chi connectivity index (χ1v) is 8.77. The molecule has 1 saturated carbocycles. The van der Waals surface area contributed by atoms with Crippen LogP contribution in [-0.2, 0) is 11.2 Å². The third-order valence-corrected chi connectivity index (χ3v) is 5.14. The zero-order valence-electron chi connectivity index (χ0n) is 14.3. The highest BCUT2D eigenvalue weighted by molar-refractivity contribution is 6.00. The Labute approximate surface area is 146 Å². The second kappa shape index (κ2) is 6.06. The summed E-state index contributed by atoms with van der Waals surface area (Å²) in [5, 5.41) is 2.81. The van der Waals surface area contributed by atoms with Gasteiger partial charge in [0.15, 0.2) is 0 Å². The summed E-state index contributed by atoms with van der Waals surface area (Å²) in [5.41, 5.74) is 2.25. The molecular weight excluding hydrogens is 320 g/mol. The zero-order valence-corrected chi connectivity index (χ0v) is 14.3. The number of rotatable bonds is 4. The first kappa shape index (κ1) is 15.9. The van der Waals surface area contributed by atoms with Crippen LogP contribution in [0.15, 0.2) is 18.2 Å². The molecule has 2 fully saturated rings. The molecule has 2 heterocycles. The SMILES string of the molecule is CN1CCc2ccc(NC(=O)CN3CCN(C4CC4)C3=O)cc2C1=O. The van der Waals surface area contributed by atoms with Crippen molar-refractivity contribution < 1.29 is 14.4 Å². The van der Waals surface area contributed by atoms with Gasteiger partial charge in [0.25, 0.3) is 5.91 Å². The lowest BCUT2D eigenvalue weighted by atomic mass is 9.99. The van der Waals surface area contributed by atoms with Crippen molar-refractivity contribution in [2.45, 2.75) is 25.3 Å². The fourth-order valence-electron chi connectivity index (χ4n) is 3.51. The number of anilines is 1. The number of carbonyl (C=O) groups is 3. The molecule has 7 heteroatoms. The Morgan fingerprint density at radius 2 is 2.00 bits per heavy atom. The predicted octanol–water partition coefficient (Wildman–Crippen LogP) is 1.15. The maximum absolute atomic E-state index is 12.3. The van der Waals surface area contributed by atoms with Crippen LogP contribution in [0.1, 0.15) is 28.8 Å². The van der Waals surface area contributed by atoms with Crippen molar-refractivity contribution >= 4 is 23.5 Å². The van der Waals surface area contributed by atoms with Gasteiger partial charge in [0.2, 0.25) is 5.91 Å². The molecule has 4 amide bonds. The number of benzene rings is 1. The number of likely N-dealkylation sites (N-methyl/N-ethyl adjacent to an activating group) is 1. The van der Waals surface area contributed by atoms with E-state index in [1.165, 1.54) is 0 Å². The van der Waals surface area contributed by atoms with Crippen LogP contribution in [0.3, 0.4) is 0 Å². The number of hydrogen-bond acceptors (Lipinski definition) is 3. The van der Waals surface area contributed by atoms with Crippen molar-refractivity contribution in [2.24, 2.45) is 0 Å². The van der Waals surface area contributed by atoms with Crippen molar-refractivity contribution in [1.29, 1.82) is 0 Å². The second-order valence-corrected chi connectivity index (χ2v) is 7.03. The minimum atomic E-state index is -0.234. The molecule has 1 aliphatic carbocycles. The smallest absolute Gasteiger partial charge is 0.320 e. The van der Waals surface area contributed by atoms with Crippen molar-refractivity contribution in [3.05, 3.63) is 29.3 Å². The van der Waals surface area contributed by atoms with Crippen LogP contribution in [0.25, 0.3) is 0 Å². The molecule has 0 atom stereocenters. The van der Waals surface area contributed by atoms with Crippen LogP contribution in [0, 0.1) is 0 Å². The lowest BCUT2D eigenvalue weighted by molar-refractivity contribution is -0.116. The molecule has 1 N–H and O–H groups in total. The van der Waals surface area contributed by atoms with Gasteiger partial charge >= 0.3 is 6.03 Å². The van der Waals surface area contributed by atoms with Crippen molar-refractivity contribution in [3.8, 4) is 0 Å². The average molecular weight is 342 g/mol. The van der Waals surface area contributed by atoms with Gasteiger partial charge in [-0.25, -0.2) is 4.79 Å². The average Bonchev–Trinajstić information content (AvgIpc) is 3.37. The molecule has 0 bridgehead atoms. The quantitative estimate of drug-likeness (QED) is 0.892. The number of fused-ring (bicyclic) bond motifs is 1. The molecule has 1 saturated heterocycles. The molecular formula is C18H22N4O3. The van der Waals surface area contributed by atoms with Gasteiger partial charge in [0.05, 0.1) is 0 Å². The van der Waals surface area contributed by atoms with Crippen LogP contribution in [0.4, 0.5) is 10.5 Å². The monoisotopic (exact) mass is 342 g/mol. The summed E-state index contributed by atoms with van der Waals surface area (Å²) in [4.78, 5) is 41.9. The molecule has 2 aliphatic heterocycles. The molecule has 3 aliphatic rings.